The molecule has 0 radical (unpaired) electrons. The normalized spacial score (nSPS) is 11.4. The minimum atomic E-state index is 0.386. The first-order valence-corrected chi connectivity index (χ1v) is 5.89. The Morgan fingerprint density at radius 3 is 2.20 bits per heavy atom. The number of rotatable bonds is 5. The van der Waals surface area contributed by atoms with E-state index in [1.54, 1.807) is 7.05 Å². The zero-order chi connectivity index (χ0) is 11.7. The van der Waals surface area contributed by atoms with Crippen LogP contribution in [0.4, 0.5) is 0 Å². The van der Waals surface area contributed by atoms with Gasteiger partial charge in [-0.1, -0.05) is 6.92 Å². The minimum absolute atomic E-state index is 0.386. The van der Waals surface area contributed by atoms with Crippen molar-refractivity contribution in [3.05, 3.63) is 0 Å². The molecule has 15 heavy (non-hydrogen) atoms. The molecular formula is C9H20N4S2. The monoisotopic (exact) mass is 248 g/mol. The van der Waals surface area contributed by atoms with Crippen LogP contribution in [0.1, 0.15) is 19.8 Å². The van der Waals surface area contributed by atoms with Gasteiger partial charge in [-0.3, -0.25) is 0 Å². The van der Waals surface area contributed by atoms with Gasteiger partial charge >= 0.3 is 0 Å². The van der Waals surface area contributed by atoms with E-state index in [0.29, 0.717) is 16.3 Å². The summed E-state index contributed by atoms with van der Waals surface area (Å²) in [7, 11) is 3.62. The summed E-state index contributed by atoms with van der Waals surface area (Å²) < 4.78 is 0. The molecule has 0 aliphatic carbocycles. The fourth-order valence-corrected chi connectivity index (χ4v) is 1.35. The first-order valence-electron chi connectivity index (χ1n) is 5.07. The van der Waals surface area contributed by atoms with Gasteiger partial charge in [-0.2, -0.15) is 0 Å². The second-order valence-electron chi connectivity index (χ2n) is 3.12. The van der Waals surface area contributed by atoms with Gasteiger partial charge in [0.25, 0.3) is 0 Å². The van der Waals surface area contributed by atoms with E-state index < -0.39 is 0 Å². The molecule has 1 atom stereocenters. The number of hydrogen-bond acceptors (Lipinski definition) is 2. The molecule has 0 spiro atoms. The second kappa shape index (κ2) is 8.67. The quantitative estimate of drug-likeness (QED) is 0.527. The molecule has 0 aromatic rings. The highest BCUT2D eigenvalue weighted by Crippen LogP contribution is 1.96. The van der Waals surface area contributed by atoms with E-state index in [0.717, 1.165) is 19.4 Å². The Bertz CT molecular complexity index is 208. The smallest absolute Gasteiger partial charge is 0.166 e. The maximum Gasteiger partial charge on any atom is 0.166 e. The van der Waals surface area contributed by atoms with Crippen LogP contribution in [0.3, 0.4) is 0 Å². The van der Waals surface area contributed by atoms with Crippen LogP contribution in [0.5, 0.6) is 0 Å². The Kier molecular flexibility index (Phi) is 8.31. The lowest BCUT2D eigenvalue weighted by Crippen LogP contribution is -2.42. The summed E-state index contributed by atoms with van der Waals surface area (Å²) in [5, 5.41) is 13.5. The molecule has 0 rings (SSSR count). The van der Waals surface area contributed by atoms with Crippen molar-refractivity contribution >= 4 is 34.7 Å². The largest absolute Gasteiger partial charge is 0.366 e. The van der Waals surface area contributed by atoms with E-state index in [-0.39, 0.29) is 0 Å². The maximum atomic E-state index is 5.04. The van der Waals surface area contributed by atoms with Crippen molar-refractivity contribution < 1.29 is 0 Å². The summed E-state index contributed by atoms with van der Waals surface area (Å²) in [6.45, 7) is 2.98. The van der Waals surface area contributed by atoms with E-state index in [9.17, 15) is 0 Å². The summed E-state index contributed by atoms with van der Waals surface area (Å²) in [5.74, 6) is 0. The van der Waals surface area contributed by atoms with Crippen molar-refractivity contribution in [3.63, 3.8) is 0 Å². The first-order chi connectivity index (χ1) is 7.13. The van der Waals surface area contributed by atoms with E-state index >= 15 is 0 Å². The molecule has 0 unspecified atom stereocenters. The molecule has 0 fully saturated rings. The summed E-state index contributed by atoms with van der Waals surface area (Å²) >= 11 is 10.0. The van der Waals surface area contributed by atoms with Crippen LogP contribution >= 0.6 is 24.4 Å². The molecule has 4 nitrogen and oxygen atoms in total. The SMILES string of the molecule is CC[C@H](CCNC(=S)NC)NC(=S)NC. The minimum Gasteiger partial charge on any atom is -0.366 e. The van der Waals surface area contributed by atoms with Crippen LogP contribution in [-0.4, -0.2) is 36.9 Å². The molecule has 0 aromatic carbocycles. The van der Waals surface area contributed by atoms with Crippen LogP contribution in [0.25, 0.3) is 0 Å². The second-order valence-corrected chi connectivity index (χ2v) is 3.94. The van der Waals surface area contributed by atoms with Crippen molar-refractivity contribution in [2.45, 2.75) is 25.8 Å². The predicted molar refractivity (Wildman–Crippen MR) is 73.1 cm³/mol. The Labute approximate surface area is 103 Å². The third-order valence-corrected chi connectivity index (χ3v) is 2.73. The van der Waals surface area contributed by atoms with Crippen LogP contribution in [0, 0.1) is 0 Å². The van der Waals surface area contributed by atoms with E-state index in [4.69, 9.17) is 24.4 Å². The Morgan fingerprint density at radius 1 is 1.13 bits per heavy atom. The van der Waals surface area contributed by atoms with Gasteiger partial charge in [0.1, 0.15) is 0 Å². The average Bonchev–Trinajstić information content (AvgIpc) is 2.26. The number of hydrogen-bond donors (Lipinski definition) is 4. The van der Waals surface area contributed by atoms with Crippen LogP contribution in [0.15, 0.2) is 0 Å². The molecule has 0 aromatic heterocycles. The lowest BCUT2D eigenvalue weighted by Gasteiger charge is -2.18. The molecule has 0 saturated carbocycles. The summed E-state index contributed by atoms with van der Waals surface area (Å²) in [5.41, 5.74) is 0. The van der Waals surface area contributed by atoms with Gasteiger partial charge in [-0.25, -0.2) is 0 Å². The van der Waals surface area contributed by atoms with Crippen molar-refractivity contribution in [1.82, 2.24) is 21.3 Å². The van der Waals surface area contributed by atoms with Gasteiger partial charge in [0.2, 0.25) is 0 Å². The van der Waals surface area contributed by atoms with E-state index in [1.165, 1.54) is 0 Å². The lowest BCUT2D eigenvalue weighted by atomic mass is 10.1. The van der Waals surface area contributed by atoms with Gasteiger partial charge in [-0.05, 0) is 37.3 Å². The van der Waals surface area contributed by atoms with Gasteiger partial charge in [-0.15, -0.1) is 0 Å². The first kappa shape index (κ1) is 14.4. The topological polar surface area (TPSA) is 48.1 Å². The number of thiocarbonyl (C=S) groups is 2. The van der Waals surface area contributed by atoms with Gasteiger partial charge in [0, 0.05) is 26.7 Å². The van der Waals surface area contributed by atoms with Crippen molar-refractivity contribution in [2.75, 3.05) is 20.6 Å². The lowest BCUT2D eigenvalue weighted by molar-refractivity contribution is 0.536. The zero-order valence-corrected chi connectivity index (χ0v) is 11.1. The summed E-state index contributed by atoms with van der Waals surface area (Å²) in [6.07, 6.45) is 2.02. The molecule has 0 heterocycles. The molecule has 6 heteroatoms. The molecule has 0 bridgehead atoms. The predicted octanol–water partition coefficient (Wildman–Crippen LogP) is 0.343. The molecule has 4 N–H and O–H groups in total. The highest BCUT2D eigenvalue weighted by molar-refractivity contribution is 7.80. The van der Waals surface area contributed by atoms with Crippen LogP contribution < -0.4 is 21.3 Å². The third-order valence-electron chi connectivity index (χ3n) is 2.06. The van der Waals surface area contributed by atoms with Crippen molar-refractivity contribution in [3.8, 4) is 0 Å². The highest BCUT2D eigenvalue weighted by atomic mass is 32.1. The zero-order valence-electron chi connectivity index (χ0n) is 9.52. The molecule has 0 amide bonds. The maximum absolute atomic E-state index is 5.04. The van der Waals surface area contributed by atoms with E-state index in [1.807, 2.05) is 7.05 Å². The van der Waals surface area contributed by atoms with Crippen molar-refractivity contribution in [2.24, 2.45) is 0 Å². The Morgan fingerprint density at radius 2 is 1.73 bits per heavy atom. The molecule has 0 aliphatic rings. The molecule has 0 saturated heterocycles. The summed E-state index contributed by atoms with van der Waals surface area (Å²) in [6, 6.07) is 0.386. The molecular weight excluding hydrogens is 228 g/mol. The number of nitrogens with one attached hydrogen (secondary N) is 4. The standard InChI is InChI=1S/C9H20N4S2/c1-4-7(13-9(15)11-3)5-6-12-8(14)10-2/h7H,4-6H2,1-3H3,(H2,10,12,14)(H2,11,13,15)/t7-/m1/s1. The van der Waals surface area contributed by atoms with Gasteiger partial charge < -0.3 is 21.3 Å². The summed E-state index contributed by atoms with van der Waals surface area (Å²) in [4.78, 5) is 0. The van der Waals surface area contributed by atoms with E-state index in [2.05, 4.69) is 28.2 Å². The fraction of sp³-hybridized carbons (Fsp3) is 0.778. The Hall–Kier alpha value is -0.620. The van der Waals surface area contributed by atoms with Gasteiger partial charge in [0.05, 0.1) is 0 Å². The fourth-order valence-electron chi connectivity index (χ4n) is 1.08. The van der Waals surface area contributed by atoms with Crippen LogP contribution in [-0.2, 0) is 0 Å². The van der Waals surface area contributed by atoms with Crippen LogP contribution in [0.2, 0.25) is 0 Å². The molecule has 0 aliphatic heterocycles. The van der Waals surface area contributed by atoms with Gasteiger partial charge in [0.15, 0.2) is 10.2 Å². The Balaban J connectivity index is 3.70. The average molecular weight is 248 g/mol. The van der Waals surface area contributed by atoms with Crippen molar-refractivity contribution in [1.29, 1.82) is 0 Å². The third kappa shape index (κ3) is 7.33. The molecule has 88 valence electrons. The highest BCUT2D eigenvalue weighted by Gasteiger charge is 2.06.